The van der Waals surface area contributed by atoms with E-state index in [9.17, 15) is 19.5 Å². The molecule has 2 saturated heterocycles. The molecule has 10 heteroatoms. The third-order valence-corrected chi connectivity index (χ3v) is 6.35. The first-order valence-electron chi connectivity index (χ1n) is 6.85. The predicted molar refractivity (Wildman–Crippen MR) is 80.7 cm³/mol. The molecule has 2 fully saturated rings. The molecule has 0 spiro atoms. The Morgan fingerprint density at radius 2 is 1.86 bits per heavy atom. The maximum atomic E-state index is 12.7. The van der Waals surface area contributed by atoms with Gasteiger partial charge >= 0.3 is 13.6 Å². The fourth-order valence-corrected chi connectivity index (χ4v) is 4.35. The van der Waals surface area contributed by atoms with Gasteiger partial charge in [0.1, 0.15) is 0 Å². The third-order valence-electron chi connectivity index (χ3n) is 3.52. The Balaban J connectivity index is 1.70. The van der Waals surface area contributed by atoms with E-state index in [2.05, 4.69) is 10.4 Å². The van der Waals surface area contributed by atoms with Gasteiger partial charge in [-0.1, -0.05) is 6.07 Å². The summed E-state index contributed by atoms with van der Waals surface area (Å²) in [6.45, 7) is 4.42. The molecule has 0 aliphatic carbocycles. The predicted octanol–water partition coefficient (Wildman–Crippen LogP) is 1.76. The van der Waals surface area contributed by atoms with Gasteiger partial charge in [0.05, 0.1) is 4.92 Å². The monoisotopic (exact) mass is 325 g/mol. The molecule has 2 N–H and O–H groups in total. The molecule has 0 radical (unpaired) electrons. The molecular weight excluding hydrogens is 309 g/mol. The van der Waals surface area contributed by atoms with Crippen molar-refractivity contribution >= 4 is 25.0 Å². The lowest BCUT2D eigenvalue weighted by atomic mass is 10.2. The number of hydrogen-bond acceptors (Lipinski definition) is 4. The van der Waals surface area contributed by atoms with Crippen molar-refractivity contribution < 1.29 is 14.3 Å². The van der Waals surface area contributed by atoms with Crippen molar-refractivity contribution in [1.82, 2.24) is 14.4 Å². The van der Waals surface area contributed by atoms with Gasteiger partial charge in [0.2, 0.25) is 0 Å². The lowest BCUT2D eigenvalue weighted by molar-refractivity contribution is -0.385. The molecule has 22 heavy (non-hydrogen) atoms. The van der Waals surface area contributed by atoms with Crippen molar-refractivity contribution in [2.75, 3.05) is 31.5 Å². The molecule has 1 aromatic rings. The van der Waals surface area contributed by atoms with Gasteiger partial charge in [-0.05, 0) is 13.0 Å². The molecule has 2 aliphatic rings. The quantitative estimate of drug-likeness (QED) is 0.370. The summed E-state index contributed by atoms with van der Waals surface area (Å²) in [7, 11) is -3.00. The Kier molecular flexibility index (Phi) is 3.64. The zero-order valence-corrected chi connectivity index (χ0v) is 12.9. The van der Waals surface area contributed by atoms with Crippen LogP contribution in [-0.4, -0.2) is 46.5 Å². The fourth-order valence-electron chi connectivity index (χ4n) is 2.13. The Morgan fingerprint density at radius 1 is 1.27 bits per heavy atom. The summed E-state index contributed by atoms with van der Waals surface area (Å²) >= 11 is 0. The highest BCUT2D eigenvalue weighted by molar-refractivity contribution is 7.58. The summed E-state index contributed by atoms with van der Waals surface area (Å²) in [6, 6.07) is 3.79. The normalized spacial score (nSPS) is 17.9. The van der Waals surface area contributed by atoms with Gasteiger partial charge in [0.25, 0.3) is 5.69 Å². The molecule has 118 valence electrons. The molecular formula is C12H16N5O4P. The van der Waals surface area contributed by atoms with Crippen molar-refractivity contribution in [3.8, 4) is 0 Å². The van der Waals surface area contributed by atoms with E-state index in [1.165, 1.54) is 6.07 Å². The number of aryl methyl sites for hydroxylation is 1. The standard InChI is InChI=1S/C12H16N5O4P/c1-9-2-3-10(8-11(9)17(19)20)13-12(18)14-22(21,15-4-5-15)16-6-7-16/h2-3,8H,4-7H2,1H3,(H2,13,14,18,21). The summed E-state index contributed by atoms with van der Waals surface area (Å²) < 4.78 is 16.2. The SMILES string of the molecule is Cc1ccc(NC(=O)NP(=O)(N2CC2)N2CC2)cc1[N+](=O)[O-]. The summed E-state index contributed by atoms with van der Waals surface area (Å²) in [4.78, 5) is 22.4. The zero-order valence-electron chi connectivity index (χ0n) is 12.0. The number of nitrogens with one attached hydrogen (secondary N) is 2. The van der Waals surface area contributed by atoms with Crippen molar-refractivity contribution in [1.29, 1.82) is 0 Å². The number of amides is 2. The van der Waals surface area contributed by atoms with Crippen LogP contribution in [0.3, 0.4) is 0 Å². The van der Waals surface area contributed by atoms with E-state index in [1.54, 1.807) is 28.4 Å². The lowest BCUT2D eigenvalue weighted by Crippen LogP contribution is -2.31. The number of benzene rings is 1. The van der Waals surface area contributed by atoms with Gasteiger partial charge in [0, 0.05) is 43.5 Å². The molecule has 2 heterocycles. The molecule has 0 aromatic heterocycles. The van der Waals surface area contributed by atoms with Crippen LogP contribution in [0, 0.1) is 17.0 Å². The molecule has 0 bridgehead atoms. The van der Waals surface area contributed by atoms with Crippen molar-refractivity contribution in [2.24, 2.45) is 0 Å². The van der Waals surface area contributed by atoms with E-state index in [-0.39, 0.29) is 11.4 Å². The topological polar surface area (TPSA) is 107 Å². The van der Waals surface area contributed by atoms with Crippen LogP contribution in [0.1, 0.15) is 5.56 Å². The average molecular weight is 325 g/mol. The second-order valence-corrected chi connectivity index (χ2v) is 7.72. The zero-order chi connectivity index (χ0) is 15.9. The van der Waals surface area contributed by atoms with E-state index < -0.39 is 18.5 Å². The summed E-state index contributed by atoms with van der Waals surface area (Å²) in [6.07, 6.45) is 0. The van der Waals surface area contributed by atoms with Crippen LogP contribution >= 0.6 is 7.59 Å². The number of carbonyl (C=O) groups is 1. The number of nitro benzene ring substituents is 1. The Labute approximate surface area is 127 Å². The highest BCUT2D eigenvalue weighted by Crippen LogP contribution is 2.56. The summed E-state index contributed by atoms with van der Waals surface area (Å²) in [5, 5.41) is 15.9. The van der Waals surface area contributed by atoms with Crippen molar-refractivity contribution in [3.05, 3.63) is 33.9 Å². The highest BCUT2D eigenvalue weighted by Gasteiger charge is 2.49. The van der Waals surface area contributed by atoms with E-state index in [4.69, 9.17) is 0 Å². The smallest absolute Gasteiger partial charge is 0.307 e. The van der Waals surface area contributed by atoms with Crippen molar-refractivity contribution in [3.63, 3.8) is 0 Å². The third kappa shape index (κ3) is 2.96. The van der Waals surface area contributed by atoms with E-state index in [1.807, 2.05) is 0 Å². The molecule has 0 unspecified atom stereocenters. The van der Waals surface area contributed by atoms with Gasteiger partial charge in [0.15, 0.2) is 0 Å². The Bertz CT molecular complexity index is 670. The number of carbonyl (C=O) groups excluding carboxylic acids is 1. The molecule has 2 aliphatic heterocycles. The first-order chi connectivity index (χ1) is 10.4. The van der Waals surface area contributed by atoms with Crippen LogP contribution in [0.15, 0.2) is 18.2 Å². The van der Waals surface area contributed by atoms with Crippen LogP contribution in [-0.2, 0) is 4.57 Å². The molecule has 2 amide bonds. The Hall–Kier alpha value is -1.96. The van der Waals surface area contributed by atoms with Gasteiger partial charge in [-0.25, -0.2) is 14.1 Å². The molecule has 9 nitrogen and oxygen atoms in total. The minimum atomic E-state index is -3.00. The lowest BCUT2D eigenvalue weighted by Gasteiger charge is -2.21. The maximum Gasteiger partial charge on any atom is 0.326 e. The second-order valence-electron chi connectivity index (χ2n) is 5.28. The summed E-state index contributed by atoms with van der Waals surface area (Å²) in [5.41, 5.74) is 0.727. The Morgan fingerprint density at radius 3 is 2.36 bits per heavy atom. The van der Waals surface area contributed by atoms with Crippen LogP contribution in [0.4, 0.5) is 16.2 Å². The molecule has 0 atom stereocenters. The molecule has 1 aromatic carbocycles. The van der Waals surface area contributed by atoms with Crippen molar-refractivity contribution in [2.45, 2.75) is 6.92 Å². The molecule has 3 rings (SSSR count). The van der Waals surface area contributed by atoms with E-state index in [0.29, 0.717) is 31.7 Å². The number of hydrogen-bond donors (Lipinski definition) is 2. The van der Waals surface area contributed by atoms with Gasteiger partial charge in [-0.3, -0.25) is 19.8 Å². The van der Waals surface area contributed by atoms with Gasteiger partial charge in [-0.2, -0.15) is 0 Å². The van der Waals surface area contributed by atoms with Gasteiger partial charge in [-0.15, -0.1) is 0 Å². The minimum Gasteiger partial charge on any atom is -0.307 e. The number of urea groups is 1. The molecule has 0 saturated carbocycles. The van der Waals surface area contributed by atoms with Crippen LogP contribution in [0.25, 0.3) is 0 Å². The first kappa shape index (κ1) is 15.0. The van der Waals surface area contributed by atoms with E-state index >= 15 is 0 Å². The average Bonchev–Trinajstić information content (AvgIpc) is 3.29. The number of anilines is 1. The van der Waals surface area contributed by atoms with Crippen LogP contribution < -0.4 is 10.4 Å². The minimum absolute atomic E-state index is 0.0714. The van der Waals surface area contributed by atoms with Crippen LogP contribution in [0.5, 0.6) is 0 Å². The number of rotatable bonds is 5. The maximum absolute atomic E-state index is 12.7. The van der Waals surface area contributed by atoms with Gasteiger partial charge < -0.3 is 5.32 Å². The largest absolute Gasteiger partial charge is 0.326 e. The van der Waals surface area contributed by atoms with Crippen LogP contribution in [0.2, 0.25) is 0 Å². The van der Waals surface area contributed by atoms with E-state index in [0.717, 1.165) is 0 Å². The summed E-state index contributed by atoms with van der Waals surface area (Å²) in [5.74, 6) is 0. The highest BCUT2D eigenvalue weighted by atomic mass is 31.2. The fraction of sp³-hybridized carbons (Fsp3) is 0.417. The number of nitro groups is 1. The second kappa shape index (κ2) is 5.35. The number of nitrogens with zero attached hydrogens (tertiary/aromatic N) is 3. The first-order valence-corrected chi connectivity index (χ1v) is 8.46.